The van der Waals surface area contributed by atoms with Crippen LogP contribution in [0.15, 0.2) is 53.4 Å². The number of ether oxygens (including phenoxy) is 2. The van der Waals surface area contributed by atoms with E-state index in [4.69, 9.17) is 9.47 Å². The highest BCUT2D eigenvalue weighted by atomic mass is 32.2. The van der Waals surface area contributed by atoms with E-state index in [1.165, 1.54) is 10.4 Å². The number of piperazine rings is 1. The Morgan fingerprint density at radius 2 is 1.65 bits per heavy atom. The molecule has 9 heteroatoms. The fourth-order valence-electron chi connectivity index (χ4n) is 3.88. The molecule has 0 radical (unpaired) electrons. The average Bonchev–Trinajstić information content (AvgIpc) is 2.84. The zero-order chi connectivity index (χ0) is 21.8. The standard InChI is InChI=1S/C22H27N3O5S/c1-29-20-6-3-5-19(17-20)23-8-10-24(11-9-23)22(26)18-4-2-7-21(16-18)31(27,28)25-12-14-30-15-13-25/h2-7,16-17H,8-15H2,1H3. The van der Waals surface area contributed by atoms with Crippen LogP contribution in [-0.2, 0) is 14.8 Å². The van der Waals surface area contributed by atoms with Gasteiger partial charge in [0.25, 0.3) is 5.91 Å². The molecule has 0 spiro atoms. The summed E-state index contributed by atoms with van der Waals surface area (Å²) in [6.45, 7) is 3.95. The van der Waals surface area contributed by atoms with E-state index < -0.39 is 10.0 Å². The van der Waals surface area contributed by atoms with E-state index in [0.717, 1.165) is 11.4 Å². The number of benzene rings is 2. The van der Waals surface area contributed by atoms with Gasteiger partial charge >= 0.3 is 0 Å². The number of hydrogen-bond donors (Lipinski definition) is 0. The first-order chi connectivity index (χ1) is 15.0. The van der Waals surface area contributed by atoms with Gasteiger partial charge in [-0.3, -0.25) is 4.79 Å². The van der Waals surface area contributed by atoms with Crippen LogP contribution < -0.4 is 9.64 Å². The third-order valence-electron chi connectivity index (χ3n) is 5.67. The van der Waals surface area contributed by atoms with Gasteiger partial charge in [-0.15, -0.1) is 0 Å². The maximum Gasteiger partial charge on any atom is 0.254 e. The van der Waals surface area contributed by atoms with Gasteiger partial charge in [0.05, 0.1) is 25.2 Å². The van der Waals surface area contributed by atoms with Crippen LogP contribution in [-0.4, -0.2) is 83.1 Å². The number of carbonyl (C=O) groups excluding carboxylic acids is 1. The molecular weight excluding hydrogens is 418 g/mol. The number of hydrogen-bond acceptors (Lipinski definition) is 6. The minimum absolute atomic E-state index is 0.148. The Morgan fingerprint density at radius 1 is 0.935 bits per heavy atom. The maximum atomic E-state index is 13.1. The smallest absolute Gasteiger partial charge is 0.254 e. The van der Waals surface area contributed by atoms with Crippen molar-refractivity contribution in [1.29, 1.82) is 0 Å². The van der Waals surface area contributed by atoms with Gasteiger partial charge < -0.3 is 19.3 Å². The Balaban J connectivity index is 1.44. The van der Waals surface area contributed by atoms with Crippen molar-refractivity contribution < 1.29 is 22.7 Å². The zero-order valence-corrected chi connectivity index (χ0v) is 18.4. The van der Waals surface area contributed by atoms with E-state index >= 15 is 0 Å². The number of carbonyl (C=O) groups is 1. The summed E-state index contributed by atoms with van der Waals surface area (Å²) in [5, 5.41) is 0. The number of rotatable bonds is 5. The first kappa shape index (κ1) is 21.6. The van der Waals surface area contributed by atoms with Crippen molar-refractivity contribution in [2.45, 2.75) is 4.90 Å². The number of sulfonamides is 1. The molecule has 2 heterocycles. The molecule has 31 heavy (non-hydrogen) atoms. The largest absolute Gasteiger partial charge is 0.497 e. The van der Waals surface area contributed by atoms with Gasteiger partial charge in [-0.25, -0.2) is 8.42 Å². The minimum atomic E-state index is -3.64. The fraction of sp³-hybridized carbons (Fsp3) is 0.409. The van der Waals surface area contributed by atoms with Gasteiger partial charge in [0.15, 0.2) is 0 Å². The SMILES string of the molecule is COc1cccc(N2CCN(C(=O)c3cccc(S(=O)(=O)N4CCOCC4)c3)CC2)c1. The number of morpholine rings is 1. The molecule has 0 atom stereocenters. The summed E-state index contributed by atoms with van der Waals surface area (Å²) in [5.41, 5.74) is 1.45. The highest BCUT2D eigenvalue weighted by Gasteiger charge is 2.28. The molecule has 8 nitrogen and oxygen atoms in total. The van der Waals surface area contributed by atoms with Crippen LogP contribution in [0.5, 0.6) is 5.75 Å². The topological polar surface area (TPSA) is 79.4 Å². The summed E-state index contributed by atoms with van der Waals surface area (Å²) in [6.07, 6.45) is 0. The van der Waals surface area contributed by atoms with E-state index in [1.807, 2.05) is 24.3 Å². The Hall–Kier alpha value is -2.62. The van der Waals surface area contributed by atoms with Crippen molar-refractivity contribution in [2.24, 2.45) is 0 Å². The van der Waals surface area contributed by atoms with Crippen LogP contribution in [0.25, 0.3) is 0 Å². The molecule has 0 aromatic heterocycles. The second-order valence-corrected chi connectivity index (χ2v) is 9.46. The highest BCUT2D eigenvalue weighted by Crippen LogP contribution is 2.23. The lowest BCUT2D eigenvalue weighted by molar-refractivity contribution is 0.0729. The second-order valence-electron chi connectivity index (χ2n) is 7.53. The summed E-state index contributed by atoms with van der Waals surface area (Å²) in [7, 11) is -2.00. The van der Waals surface area contributed by atoms with Crippen molar-refractivity contribution in [2.75, 3.05) is 64.5 Å². The quantitative estimate of drug-likeness (QED) is 0.697. The number of nitrogens with zero attached hydrogens (tertiary/aromatic N) is 3. The van der Waals surface area contributed by atoms with Gasteiger partial charge in [0.2, 0.25) is 10.0 Å². The van der Waals surface area contributed by atoms with Crippen LogP contribution in [0, 0.1) is 0 Å². The first-order valence-electron chi connectivity index (χ1n) is 10.4. The van der Waals surface area contributed by atoms with Crippen LogP contribution >= 0.6 is 0 Å². The third kappa shape index (κ3) is 4.68. The van der Waals surface area contributed by atoms with E-state index in [0.29, 0.717) is 58.0 Å². The normalized spacial score (nSPS) is 18.1. The summed E-state index contributed by atoms with van der Waals surface area (Å²) < 4.78 is 37.8. The molecule has 2 aromatic rings. The van der Waals surface area contributed by atoms with Crippen molar-refractivity contribution in [1.82, 2.24) is 9.21 Å². The lowest BCUT2D eigenvalue weighted by Gasteiger charge is -2.36. The summed E-state index contributed by atoms with van der Waals surface area (Å²) in [4.78, 5) is 17.2. The molecule has 2 fully saturated rings. The predicted octanol–water partition coefficient (Wildman–Crippen LogP) is 1.68. The molecule has 0 unspecified atom stereocenters. The number of amides is 1. The van der Waals surface area contributed by atoms with Crippen LogP contribution in [0.2, 0.25) is 0 Å². The van der Waals surface area contributed by atoms with Crippen molar-refractivity contribution in [3.63, 3.8) is 0 Å². The molecule has 0 aliphatic carbocycles. The van der Waals surface area contributed by atoms with Gasteiger partial charge in [0.1, 0.15) is 5.75 Å². The minimum Gasteiger partial charge on any atom is -0.497 e. The molecule has 1 amide bonds. The lowest BCUT2D eigenvalue weighted by atomic mass is 10.1. The van der Waals surface area contributed by atoms with Gasteiger partial charge in [0, 0.05) is 56.6 Å². The Bertz CT molecular complexity index is 1030. The molecule has 2 saturated heterocycles. The molecule has 2 aliphatic heterocycles. The molecule has 0 N–H and O–H groups in total. The molecule has 4 rings (SSSR count). The Morgan fingerprint density at radius 3 is 2.35 bits per heavy atom. The lowest BCUT2D eigenvalue weighted by Crippen LogP contribution is -2.48. The predicted molar refractivity (Wildman–Crippen MR) is 117 cm³/mol. The van der Waals surface area contributed by atoms with Crippen molar-refractivity contribution in [3.8, 4) is 5.75 Å². The Kier molecular flexibility index (Phi) is 6.45. The molecule has 0 bridgehead atoms. The third-order valence-corrected chi connectivity index (χ3v) is 7.57. The average molecular weight is 446 g/mol. The van der Waals surface area contributed by atoms with Crippen molar-refractivity contribution >= 4 is 21.6 Å². The molecule has 2 aromatic carbocycles. The van der Waals surface area contributed by atoms with Gasteiger partial charge in [-0.1, -0.05) is 12.1 Å². The summed E-state index contributed by atoms with van der Waals surface area (Å²) in [6, 6.07) is 14.2. The van der Waals surface area contributed by atoms with E-state index in [-0.39, 0.29) is 10.8 Å². The van der Waals surface area contributed by atoms with E-state index in [2.05, 4.69) is 4.90 Å². The maximum absolute atomic E-state index is 13.1. The molecule has 166 valence electrons. The van der Waals surface area contributed by atoms with Crippen LogP contribution in [0.4, 0.5) is 5.69 Å². The van der Waals surface area contributed by atoms with Gasteiger partial charge in [-0.05, 0) is 30.3 Å². The second kappa shape index (κ2) is 9.25. The van der Waals surface area contributed by atoms with Gasteiger partial charge in [-0.2, -0.15) is 4.31 Å². The summed E-state index contributed by atoms with van der Waals surface area (Å²) >= 11 is 0. The summed E-state index contributed by atoms with van der Waals surface area (Å²) in [5.74, 6) is 0.651. The zero-order valence-electron chi connectivity index (χ0n) is 17.6. The molecule has 0 saturated carbocycles. The highest BCUT2D eigenvalue weighted by molar-refractivity contribution is 7.89. The van der Waals surface area contributed by atoms with Crippen molar-refractivity contribution in [3.05, 3.63) is 54.1 Å². The van der Waals surface area contributed by atoms with Crippen LogP contribution in [0.3, 0.4) is 0 Å². The van der Waals surface area contributed by atoms with E-state index in [1.54, 1.807) is 30.2 Å². The molecule has 2 aliphatic rings. The van der Waals surface area contributed by atoms with E-state index in [9.17, 15) is 13.2 Å². The first-order valence-corrected chi connectivity index (χ1v) is 11.8. The fourth-order valence-corrected chi connectivity index (χ4v) is 5.34. The number of methoxy groups -OCH3 is 1. The monoisotopic (exact) mass is 445 g/mol. The molecular formula is C22H27N3O5S. The number of anilines is 1. The van der Waals surface area contributed by atoms with Crippen LogP contribution in [0.1, 0.15) is 10.4 Å². The Labute approximate surface area is 183 Å².